The highest BCUT2D eigenvalue weighted by Gasteiger charge is 2.38. The Morgan fingerprint density at radius 2 is 1.53 bits per heavy atom. The predicted molar refractivity (Wildman–Crippen MR) is 71.8 cm³/mol. The Kier molecular flexibility index (Phi) is 2.60. The molecule has 0 saturated heterocycles. The van der Waals surface area contributed by atoms with Crippen molar-refractivity contribution in [3.05, 3.63) is 71.3 Å². The molecule has 1 aliphatic rings. The second kappa shape index (κ2) is 4.11. The lowest BCUT2D eigenvalue weighted by atomic mass is 9.93. The molecule has 0 spiro atoms. The highest BCUT2D eigenvalue weighted by molar-refractivity contribution is 9.10. The fourth-order valence-corrected chi connectivity index (χ4v) is 3.30. The zero-order chi connectivity index (χ0) is 11.8. The van der Waals surface area contributed by atoms with E-state index >= 15 is 0 Å². The lowest BCUT2D eigenvalue weighted by Gasteiger charge is -2.14. The Labute approximate surface area is 109 Å². The Morgan fingerprint density at radius 3 is 2.29 bits per heavy atom. The molecule has 2 unspecified atom stereocenters. The molecule has 2 aromatic carbocycles. The average molecular weight is 287 g/mol. The van der Waals surface area contributed by atoms with Gasteiger partial charge in [0.25, 0.3) is 0 Å². The fourth-order valence-electron chi connectivity index (χ4n) is 2.46. The summed E-state index contributed by atoms with van der Waals surface area (Å²) in [5.41, 5.74) is 3.17. The molecule has 0 aliphatic heterocycles. The molecule has 17 heavy (non-hydrogen) atoms. The third-order valence-corrected chi connectivity index (χ3v) is 4.21. The van der Waals surface area contributed by atoms with Crippen molar-refractivity contribution in [2.45, 2.75) is 10.7 Å². The molecule has 2 heteroatoms. The van der Waals surface area contributed by atoms with Gasteiger partial charge in [-0.15, -0.1) is 0 Å². The Morgan fingerprint density at radius 1 is 0.882 bits per heavy atom. The van der Waals surface area contributed by atoms with Crippen LogP contribution in [0.4, 0.5) is 0 Å². The van der Waals surface area contributed by atoms with E-state index in [9.17, 15) is 4.79 Å². The molecule has 2 aromatic rings. The summed E-state index contributed by atoms with van der Waals surface area (Å²) in [7, 11) is 0. The fraction of sp³-hybridized carbons (Fsp3) is 0.133. The molecule has 1 nitrogen and oxygen atoms in total. The second-order valence-corrected chi connectivity index (χ2v) is 5.23. The van der Waals surface area contributed by atoms with Gasteiger partial charge in [0.05, 0.1) is 4.83 Å². The van der Waals surface area contributed by atoms with Crippen molar-refractivity contribution < 1.29 is 4.79 Å². The summed E-state index contributed by atoms with van der Waals surface area (Å²) in [4.78, 5) is 12.0. The zero-order valence-corrected chi connectivity index (χ0v) is 10.7. The lowest BCUT2D eigenvalue weighted by molar-refractivity contribution is 0.0999. The highest BCUT2D eigenvalue weighted by Crippen LogP contribution is 2.41. The maximum absolute atomic E-state index is 12.1. The first-order valence-corrected chi connectivity index (χ1v) is 6.53. The third-order valence-electron chi connectivity index (χ3n) is 3.26. The lowest BCUT2D eigenvalue weighted by Crippen LogP contribution is -2.13. The summed E-state index contributed by atoms with van der Waals surface area (Å²) in [5, 5.41) is 0. The minimum atomic E-state index is -0.137. The van der Waals surface area contributed by atoms with E-state index in [2.05, 4.69) is 28.1 Å². The van der Waals surface area contributed by atoms with Gasteiger partial charge in [0.15, 0.2) is 5.78 Å². The molecule has 0 aromatic heterocycles. The van der Waals surface area contributed by atoms with Crippen molar-refractivity contribution in [3.8, 4) is 0 Å². The summed E-state index contributed by atoms with van der Waals surface area (Å²) in [6.07, 6.45) is 0. The maximum Gasteiger partial charge on any atom is 0.177 e. The van der Waals surface area contributed by atoms with E-state index in [0.717, 1.165) is 11.1 Å². The summed E-state index contributed by atoms with van der Waals surface area (Å²) in [6.45, 7) is 0. The van der Waals surface area contributed by atoms with E-state index in [1.165, 1.54) is 5.56 Å². The zero-order valence-electron chi connectivity index (χ0n) is 9.14. The molecule has 1 aliphatic carbocycles. The SMILES string of the molecule is O=C1c2ccccc2C(c2ccccc2)C1Br. The number of alkyl halides is 1. The first-order chi connectivity index (χ1) is 8.29. The number of halogens is 1. The van der Waals surface area contributed by atoms with Gasteiger partial charge in [0.2, 0.25) is 0 Å². The molecule has 84 valence electrons. The summed E-state index contributed by atoms with van der Waals surface area (Å²) in [6, 6.07) is 18.1. The van der Waals surface area contributed by atoms with Crippen LogP contribution in [-0.4, -0.2) is 10.6 Å². The molecular weight excluding hydrogens is 276 g/mol. The molecule has 0 bridgehead atoms. The Bertz CT molecular complexity index is 562. The molecule has 0 N–H and O–H groups in total. The van der Waals surface area contributed by atoms with Crippen molar-refractivity contribution in [1.82, 2.24) is 0 Å². The molecule has 0 amide bonds. The van der Waals surface area contributed by atoms with Crippen LogP contribution in [0.3, 0.4) is 0 Å². The molecule has 0 saturated carbocycles. The van der Waals surface area contributed by atoms with E-state index < -0.39 is 0 Å². The van der Waals surface area contributed by atoms with Gasteiger partial charge in [-0.3, -0.25) is 4.79 Å². The van der Waals surface area contributed by atoms with Gasteiger partial charge in [-0.2, -0.15) is 0 Å². The van der Waals surface area contributed by atoms with Crippen molar-refractivity contribution >= 4 is 21.7 Å². The standard InChI is InChI=1S/C15H11BrO/c16-14-13(10-6-2-1-3-7-10)11-8-4-5-9-12(11)15(14)17/h1-9,13-14H. The number of carbonyl (C=O) groups is 1. The molecule has 0 heterocycles. The van der Waals surface area contributed by atoms with E-state index in [1.54, 1.807) is 0 Å². The normalized spacial score (nSPS) is 22.5. The minimum absolute atomic E-state index is 0.137. The van der Waals surface area contributed by atoms with Gasteiger partial charge >= 0.3 is 0 Å². The summed E-state index contributed by atoms with van der Waals surface area (Å²) < 4.78 is 0. The first kappa shape index (κ1) is 10.7. The topological polar surface area (TPSA) is 17.1 Å². The number of Topliss-reactive ketones (excluding diaryl/α,β-unsaturated/α-hetero) is 1. The number of rotatable bonds is 1. The largest absolute Gasteiger partial charge is 0.293 e. The number of benzene rings is 2. The number of hydrogen-bond acceptors (Lipinski definition) is 1. The van der Waals surface area contributed by atoms with Gasteiger partial charge in [-0.05, 0) is 11.1 Å². The van der Waals surface area contributed by atoms with Gasteiger partial charge in [-0.1, -0.05) is 70.5 Å². The van der Waals surface area contributed by atoms with Crippen LogP contribution < -0.4 is 0 Å². The van der Waals surface area contributed by atoms with Gasteiger partial charge in [0.1, 0.15) is 0 Å². The van der Waals surface area contributed by atoms with Crippen molar-refractivity contribution in [3.63, 3.8) is 0 Å². The second-order valence-electron chi connectivity index (χ2n) is 4.24. The van der Waals surface area contributed by atoms with Crippen molar-refractivity contribution in [2.24, 2.45) is 0 Å². The predicted octanol–water partition coefficient (Wildman–Crippen LogP) is 3.78. The summed E-state index contributed by atoms with van der Waals surface area (Å²) in [5.74, 6) is 0.328. The van der Waals surface area contributed by atoms with E-state index in [1.807, 2.05) is 42.5 Å². The van der Waals surface area contributed by atoms with Crippen LogP contribution in [0.1, 0.15) is 27.4 Å². The van der Waals surface area contributed by atoms with Crippen molar-refractivity contribution in [1.29, 1.82) is 0 Å². The van der Waals surface area contributed by atoms with Gasteiger partial charge < -0.3 is 0 Å². The van der Waals surface area contributed by atoms with Crippen LogP contribution in [0.5, 0.6) is 0 Å². The number of carbonyl (C=O) groups excluding carboxylic acids is 1. The molecule has 0 fully saturated rings. The third kappa shape index (κ3) is 1.64. The van der Waals surface area contributed by atoms with Crippen LogP contribution in [0.25, 0.3) is 0 Å². The quantitative estimate of drug-likeness (QED) is 0.729. The number of hydrogen-bond donors (Lipinski definition) is 0. The Balaban J connectivity index is 2.16. The first-order valence-electron chi connectivity index (χ1n) is 5.61. The maximum atomic E-state index is 12.1. The van der Waals surface area contributed by atoms with E-state index in [0.29, 0.717) is 0 Å². The molecule has 3 rings (SSSR count). The minimum Gasteiger partial charge on any atom is -0.293 e. The molecule has 2 atom stereocenters. The van der Waals surface area contributed by atoms with Gasteiger partial charge in [0, 0.05) is 11.5 Å². The smallest absolute Gasteiger partial charge is 0.177 e. The van der Waals surface area contributed by atoms with Crippen LogP contribution in [0.15, 0.2) is 54.6 Å². The van der Waals surface area contributed by atoms with Crippen LogP contribution >= 0.6 is 15.9 Å². The molecule has 0 radical (unpaired) electrons. The monoisotopic (exact) mass is 286 g/mol. The highest BCUT2D eigenvalue weighted by atomic mass is 79.9. The Hall–Kier alpha value is -1.41. The summed E-state index contributed by atoms with van der Waals surface area (Å²) >= 11 is 3.54. The van der Waals surface area contributed by atoms with E-state index in [4.69, 9.17) is 0 Å². The number of fused-ring (bicyclic) bond motifs is 1. The van der Waals surface area contributed by atoms with Crippen LogP contribution in [0.2, 0.25) is 0 Å². The molecular formula is C15H11BrO. The van der Waals surface area contributed by atoms with Crippen molar-refractivity contribution in [2.75, 3.05) is 0 Å². The van der Waals surface area contributed by atoms with Gasteiger partial charge in [-0.25, -0.2) is 0 Å². The average Bonchev–Trinajstić information content (AvgIpc) is 2.64. The van der Waals surface area contributed by atoms with Crippen LogP contribution in [-0.2, 0) is 0 Å². The van der Waals surface area contributed by atoms with Crippen LogP contribution in [0, 0.1) is 0 Å². The number of ketones is 1. The van der Waals surface area contributed by atoms with E-state index in [-0.39, 0.29) is 16.5 Å².